The Balaban J connectivity index is 1.77. The smallest absolute Gasteiger partial charge is 0.130 e. The predicted molar refractivity (Wildman–Crippen MR) is 65.8 cm³/mol. The van der Waals surface area contributed by atoms with E-state index < -0.39 is 0 Å². The van der Waals surface area contributed by atoms with Crippen molar-refractivity contribution in [3.05, 3.63) is 0 Å². The normalized spacial score (nSPS) is 63.7. The molecule has 4 rings (SSSR count). The zero-order valence-electron chi connectivity index (χ0n) is 11.5. The van der Waals surface area contributed by atoms with Crippen LogP contribution in [0.25, 0.3) is 0 Å². The summed E-state index contributed by atoms with van der Waals surface area (Å²) in [6.45, 7) is 9.41. The van der Waals surface area contributed by atoms with Crippen LogP contribution in [-0.2, 0) is 9.47 Å². The molecule has 4 aliphatic rings. The third-order valence-corrected chi connectivity index (χ3v) is 6.51. The maximum absolute atomic E-state index is 6.40. The van der Waals surface area contributed by atoms with E-state index in [0.29, 0.717) is 17.9 Å². The second-order valence-electron chi connectivity index (χ2n) is 7.27. The number of ether oxygens (including phenoxy) is 2. The van der Waals surface area contributed by atoms with Crippen LogP contribution in [0.2, 0.25) is 0 Å². The lowest BCUT2D eigenvalue weighted by Crippen LogP contribution is -2.37. The summed E-state index contributed by atoms with van der Waals surface area (Å²) in [5, 5.41) is 0. The molecule has 0 aromatic heterocycles. The topological polar surface area (TPSA) is 25.1 Å². The van der Waals surface area contributed by atoms with Crippen molar-refractivity contribution < 1.29 is 9.47 Å². The molecule has 2 saturated carbocycles. The molecule has 2 nitrogen and oxygen atoms in total. The third-order valence-electron chi connectivity index (χ3n) is 6.51. The van der Waals surface area contributed by atoms with Crippen molar-refractivity contribution >= 4 is 0 Å². The van der Waals surface area contributed by atoms with Crippen LogP contribution in [0.5, 0.6) is 0 Å². The minimum Gasteiger partial charge on any atom is -0.362 e. The molecule has 0 amide bonds. The van der Waals surface area contributed by atoms with Crippen LogP contribution >= 0.6 is 0 Å². The zero-order chi connectivity index (χ0) is 12.1. The molecule has 2 saturated heterocycles. The second-order valence-corrected chi connectivity index (χ2v) is 7.27. The van der Waals surface area contributed by atoms with Crippen molar-refractivity contribution in [3.8, 4) is 0 Å². The fourth-order valence-electron chi connectivity index (χ4n) is 5.18. The summed E-state index contributed by atoms with van der Waals surface area (Å²) < 4.78 is 12.7. The lowest BCUT2D eigenvalue weighted by Gasteiger charge is -2.21. The molecule has 0 spiro atoms. The average molecular weight is 236 g/mol. The molecule has 0 N–H and O–H groups in total. The van der Waals surface area contributed by atoms with Gasteiger partial charge in [0.15, 0.2) is 0 Å². The van der Waals surface area contributed by atoms with Gasteiger partial charge in [-0.1, -0.05) is 27.7 Å². The van der Waals surface area contributed by atoms with E-state index in [1.54, 1.807) is 0 Å². The highest BCUT2D eigenvalue weighted by Gasteiger charge is 2.88. The van der Waals surface area contributed by atoms with Crippen molar-refractivity contribution in [1.29, 1.82) is 0 Å². The van der Waals surface area contributed by atoms with Gasteiger partial charge in [0, 0.05) is 0 Å². The molecule has 4 fully saturated rings. The van der Waals surface area contributed by atoms with E-state index in [9.17, 15) is 0 Å². The van der Waals surface area contributed by atoms with Crippen molar-refractivity contribution in [1.82, 2.24) is 0 Å². The molecule has 17 heavy (non-hydrogen) atoms. The van der Waals surface area contributed by atoms with Gasteiger partial charge in [-0.2, -0.15) is 0 Å². The molecular weight excluding hydrogens is 212 g/mol. The largest absolute Gasteiger partial charge is 0.362 e. The second kappa shape index (κ2) is 2.75. The lowest BCUT2D eigenvalue weighted by atomic mass is 9.78. The molecule has 96 valence electrons. The van der Waals surface area contributed by atoms with Crippen LogP contribution < -0.4 is 0 Å². The Bertz CT molecular complexity index is 379. The van der Waals surface area contributed by atoms with Crippen LogP contribution in [0.3, 0.4) is 0 Å². The summed E-state index contributed by atoms with van der Waals surface area (Å²) in [7, 11) is 0. The molecule has 0 bridgehead atoms. The van der Waals surface area contributed by atoms with Gasteiger partial charge in [0.1, 0.15) is 22.9 Å². The Morgan fingerprint density at radius 3 is 2.47 bits per heavy atom. The summed E-state index contributed by atoms with van der Waals surface area (Å²) in [6, 6.07) is 0. The van der Waals surface area contributed by atoms with Crippen LogP contribution in [-0.4, -0.2) is 22.9 Å². The first-order valence-electron chi connectivity index (χ1n) is 7.37. The van der Waals surface area contributed by atoms with Gasteiger partial charge in [0.05, 0.1) is 0 Å². The number of hydrogen-bond donors (Lipinski definition) is 0. The highest BCUT2D eigenvalue weighted by molar-refractivity contribution is 5.36. The fraction of sp³-hybridized carbons (Fsp3) is 1.00. The van der Waals surface area contributed by atoms with Gasteiger partial charge < -0.3 is 9.47 Å². The van der Waals surface area contributed by atoms with Crippen molar-refractivity contribution in [2.24, 2.45) is 17.8 Å². The highest BCUT2D eigenvalue weighted by atomic mass is 16.7. The molecule has 6 atom stereocenters. The lowest BCUT2D eigenvalue weighted by molar-refractivity contribution is 0.131. The van der Waals surface area contributed by atoms with Gasteiger partial charge in [-0.3, -0.25) is 0 Å². The maximum Gasteiger partial charge on any atom is 0.130 e. The number of epoxide rings is 2. The number of fused-ring (bicyclic) bond motifs is 1. The Hall–Kier alpha value is -0.0800. The Kier molecular flexibility index (Phi) is 1.75. The number of hydrogen-bond acceptors (Lipinski definition) is 2. The first-order chi connectivity index (χ1) is 8.00. The molecule has 2 heterocycles. The van der Waals surface area contributed by atoms with Gasteiger partial charge in [0.25, 0.3) is 0 Å². The van der Waals surface area contributed by atoms with Gasteiger partial charge in [-0.05, 0) is 43.4 Å². The average Bonchev–Trinajstić information content (AvgIpc) is 3.14. The van der Waals surface area contributed by atoms with E-state index in [0.717, 1.165) is 5.92 Å². The van der Waals surface area contributed by atoms with Crippen LogP contribution in [0.15, 0.2) is 0 Å². The molecular formula is C15H24O2. The summed E-state index contributed by atoms with van der Waals surface area (Å²) in [6.07, 6.45) is 5.53. The minimum absolute atomic E-state index is 0.104. The molecule has 0 aromatic carbocycles. The van der Waals surface area contributed by atoms with E-state index >= 15 is 0 Å². The standard InChI is InChI=1S/C15H24O2/c1-9(2)13-7-5-10(3)14-8-6-11(4)15(14,17-14)12(13)16-13/h9-12H,5-8H2,1-4H3/t10-,11-,12-,13-,14+,15-/m0/s1. The van der Waals surface area contributed by atoms with Crippen LogP contribution in [0, 0.1) is 17.8 Å². The van der Waals surface area contributed by atoms with Crippen molar-refractivity contribution in [2.45, 2.75) is 76.3 Å². The Morgan fingerprint density at radius 1 is 1.06 bits per heavy atom. The van der Waals surface area contributed by atoms with Gasteiger partial charge in [-0.15, -0.1) is 0 Å². The van der Waals surface area contributed by atoms with Crippen LogP contribution in [0.4, 0.5) is 0 Å². The molecule has 2 heteroatoms. The highest BCUT2D eigenvalue weighted by Crippen LogP contribution is 2.76. The zero-order valence-corrected chi connectivity index (χ0v) is 11.5. The van der Waals surface area contributed by atoms with E-state index in [2.05, 4.69) is 27.7 Å². The Morgan fingerprint density at radius 2 is 1.76 bits per heavy atom. The van der Waals surface area contributed by atoms with Gasteiger partial charge >= 0.3 is 0 Å². The summed E-state index contributed by atoms with van der Waals surface area (Å²) >= 11 is 0. The fourth-order valence-corrected chi connectivity index (χ4v) is 5.18. The van der Waals surface area contributed by atoms with Gasteiger partial charge in [-0.25, -0.2) is 0 Å². The molecule has 0 radical (unpaired) electrons. The minimum atomic E-state index is 0.104. The summed E-state index contributed by atoms with van der Waals surface area (Å²) in [5.41, 5.74) is 0.461. The van der Waals surface area contributed by atoms with E-state index in [1.807, 2.05) is 0 Å². The van der Waals surface area contributed by atoms with Crippen molar-refractivity contribution in [2.75, 3.05) is 0 Å². The molecule has 0 aromatic rings. The predicted octanol–water partition coefficient (Wildman–Crippen LogP) is 3.15. The first-order valence-corrected chi connectivity index (χ1v) is 7.37. The molecule has 0 unspecified atom stereocenters. The van der Waals surface area contributed by atoms with Crippen molar-refractivity contribution in [3.63, 3.8) is 0 Å². The molecule has 2 aliphatic carbocycles. The van der Waals surface area contributed by atoms with E-state index in [-0.39, 0.29) is 16.8 Å². The Labute approximate surface area is 104 Å². The first kappa shape index (κ1) is 10.8. The van der Waals surface area contributed by atoms with Gasteiger partial charge in [0.2, 0.25) is 0 Å². The molecule has 2 aliphatic heterocycles. The third kappa shape index (κ3) is 0.920. The van der Waals surface area contributed by atoms with E-state index in [4.69, 9.17) is 9.47 Å². The number of rotatable bonds is 1. The maximum atomic E-state index is 6.40. The SMILES string of the molecule is CC(C)[C@@]12CC[C@H](C)[C@]34CC[C@H](C)[C@]3(O4)[C@H]1O2. The van der Waals surface area contributed by atoms with Crippen LogP contribution in [0.1, 0.15) is 53.4 Å². The monoisotopic (exact) mass is 236 g/mol. The summed E-state index contributed by atoms with van der Waals surface area (Å²) in [4.78, 5) is 0. The van der Waals surface area contributed by atoms with E-state index in [1.165, 1.54) is 25.7 Å². The summed E-state index contributed by atoms with van der Waals surface area (Å²) in [5.74, 6) is 2.04. The quantitative estimate of drug-likeness (QED) is 0.653.